The Hall–Kier alpha value is -3.78. The Bertz CT molecular complexity index is 1320. The average Bonchev–Trinajstić information content (AvgIpc) is 3.04. The first kappa shape index (κ1) is 20.5. The van der Waals surface area contributed by atoms with Crippen LogP contribution < -0.4 is 11.1 Å². The summed E-state index contributed by atoms with van der Waals surface area (Å²) in [4.78, 5) is 21.2. The van der Waals surface area contributed by atoms with Crippen molar-refractivity contribution in [2.45, 2.75) is 20.0 Å². The second-order valence-corrected chi connectivity index (χ2v) is 7.48. The molecule has 8 heteroatoms. The normalized spacial score (nSPS) is 12.2. The predicted octanol–water partition coefficient (Wildman–Crippen LogP) is 3.65. The van der Waals surface area contributed by atoms with Crippen LogP contribution >= 0.6 is 0 Å². The monoisotopic (exact) mass is 419 g/mol. The Morgan fingerprint density at radius 2 is 1.94 bits per heavy atom. The number of rotatable bonds is 4. The molecule has 1 atom stereocenters. The minimum Gasteiger partial charge on any atom is -0.383 e. The number of hydrogen-bond donors (Lipinski definition) is 3. The number of amides is 1. The van der Waals surface area contributed by atoms with E-state index in [0.29, 0.717) is 17.3 Å². The summed E-state index contributed by atoms with van der Waals surface area (Å²) < 4.78 is 15.3. The number of aromatic nitrogens is 3. The number of halogens is 1. The van der Waals surface area contributed by atoms with Gasteiger partial charge in [-0.25, -0.2) is 14.4 Å². The molecule has 2 aromatic carbocycles. The van der Waals surface area contributed by atoms with Gasteiger partial charge in [0.1, 0.15) is 23.1 Å². The van der Waals surface area contributed by atoms with Gasteiger partial charge in [-0.05, 0) is 54.8 Å². The van der Waals surface area contributed by atoms with E-state index in [4.69, 9.17) is 5.73 Å². The van der Waals surface area contributed by atoms with E-state index < -0.39 is 17.8 Å². The Morgan fingerprint density at radius 3 is 2.65 bits per heavy atom. The van der Waals surface area contributed by atoms with E-state index in [1.807, 2.05) is 30.8 Å². The topological polar surface area (TPSA) is 106 Å². The van der Waals surface area contributed by atoms with Crippen molar-refractivity contribution in [1.82, 2.24) is 14.5 Å². The average molecular weight is 419 g/mol. The molecule has 0 saturated carbocycles. The molecule has 0 saturated heterocycles. The fourth-order valence-corrected chi connectivity index (χ4v) is 3.70. The second kappa shape index (κ2) is 7.81. The summed E-state index contributed by atoms with van der Waals surface area (Å²) in [6, 6.07) is 10.7. The standard InChI is InChI=1S/C23H22FN5O2/c1-12-9-16(28-23(31)20(30)14-5-4-6-15(24)10-14)7-8-17(12)18-11-29(3)22-19(18)21(25)26-13(2)27-22/h4-11,20,30H,1-3H3,(H,28,31)(H2,25,26,27)/t20-/m1/s1. The Kier molecular flexibility index (Phi) is 5.16. The summed E-state index contributed by atoms with van der Waals surface area (Å²) in [6.45, 7) is 3.71. The van der Waals surface area contributed by atoms with Crippen LogP contribution in [0, 0.1) is 19.7 Å². The lowest BCUT2D eigenvalue weighted by molar-refractivity contribution is -0.124. The third kappa shape index (κ3) is 3.85. The highest BCUT2D eigenvalue weighted by Crippen LogP contribution is 2.35. The van der Waals surface area contributed by atoms with Crippen molar-refractivity contribution in [2.75, 3.05) is 11.1 Å². The molecule has 0 fully saturated rings. The highest BCUT2D eigenvalue weighted by atomic mass is 19.1. The highest BCUT2D eigenvalue weighted by Gasteiger charge is 2.19. The first-order chi connectivity index (χ1) is 14.7. The number of nitrogen functional groups attached to an aromatic ring is 1. The summed E-state index contributed by atoms with van der Waals surface area (Å²) in [5.74, 6) is -0.147. The van der Waals surface area contributed by atoms with Crippen LogP contribution in [0.5, 0.6) is 0 Å². The molecular weight excluding hydrogens is 397 g/mol. The molecule has 2 heterocycles. The largest absolute Gasteiger partial charge is 0.383 e. The van der Waals surface area contributed by atoms with Crippen LogP contribution in [-0.2, 0) is 11.8 Å². The van der Waals surface area contributed by atoms with Gasteiger partial charge in [-0.1, -0.05) is 18.2 Å². The van der Waals surface area contributed by atoms with E-state index in [9.17, 15) is 14.3 Å². The van der Waals surface area contributed by atoms with Crippen LogP contribution in [0.3, 0.4) is 0 Å². The number of carbonyl (C=O) groups is 1. The maximum Gasteiger partial charge on any atom is 0.257 e. The first-order valence-electron chi connectivity index (χ1n) is 9.69. The molecule has 0 unspecified atom stereocenters. The molecule has 2 aromatic heterocycles. The molecule has 0 aliphatic heterocycles. The van der Waals surface area contributed by atoms with Gasteiger partial charge in [0.2, 0.25) is 0 Å². The van der Waals surface area contributed by atoms with E-state index >= 15 is 0 Å². The van der Waals surface area contributed by atoms with E-state index in [1.54, 1.807) is 19.1 Å². The summed E-state index contributed by atoms with van der Waals surface area (Å²) in [7, 11) is 1.90. The Labute approximate surface area is 178 Å². The van der Waals surface area contributed by atoms with Crippen LogP contribution in [0.15, 0.2) is 48.7 Å². The second-order valence-electron chi connectivity index (χ2n) is 7.48. The van der Waals surface area contributed by atoms with Gasteiger partial charge in [0.25, 0.3) is 5.91 Å². The van der Waals surface area contributed by atoms with E-state index in [-0.39, 0.29) is 5.56 Å². The van der Waals surface area contributed by atoms with E-state index in [0.717, 1.165) is 33.8 Å². The smallest absolute Gasteiger partial charge is 0.257 e. The molecule has 4 rings (SSSR count). The zero-order chi connectivity index (χ0) is 22.3. The molecule has 0 spiro atoms. The van der Waals surface area contributed by atoms with Gasteiger partial charge in [-0.2, -0.15) is 0 Å². The van der Waals surface area contributed by atoms with Crippen molar-refractivity contribution >= 4 is 28.4 Å². The summed E-state index contributed by atoms with van der Waals surface area (Å²) in [5, 5.41) is 13.7. The van der Waals surface area contributed by atoms with Crippen molar-refractivity contribution in [2.24, 2.45) is 7.05 Å². The molecule has 4 N–H and O–H groups in total. The van der Waals surface area contributed by atoms with Gasteiger partial charge in [0.05, 0.1) is 5.39 Å². The zero-order valence-corrected chi connectivity index (χ0v) is 17.3. The fraction of sp³-hybridized carbons (Fsp3) is 0.174. The van der Waals surface area contributed by atoms with Gasteiger partial charge in [0, 0.05) is 24.5 Å². The van der Waals surface area contributed by atoms with E-state index in [2.05, 4.69) is 15.3 Å². The van der Waals surface area contributed by atoms with Gasteiger partial charge in [0.15, 0.2) is 6.10 Å². The summed E-state index contributed by atoms with van der Waals surface area (Å²) >= 11 is 0. The predicted molar refractivity (Wildman–Crippen MR) is 118 cm³/mol. The Balaban J connectivity index is 1.64. The SMILES string of the molecule is Cc1nc(N)c2c(-c3ccc(NC(=O)[C@H](O)c4cccc(F)c4)cc3C)cn(C)c2n1. The molecular formula is C23H22FN5O2. The molecule has 0 aliphatic rings. The molecule has 1 amide bonds. The highest BCUT2D eigenvalue weighted by molar-refractivity contribution is 6.02. The van der Waals surface area contributed by atoms with Crippen LogP contribution in [0.2, 0.25) is 0 Å². The molecule has 158 valence electrons. The van der Waals surface area contributed by atoms with Crippen molar-refractivity contribution in [3.05, 3.63) is 71.4 Å². The maximum atomic E-state index is 13.4. The van der Waals surface area contributed by atoms with Gasteiger partial charge in [-0.15, -0.1) is 0 Å². The molecule has 31 heavy (non-hydrogen) atoms. The quantitative estimate of drug-likeness (QED) is 0.468. The minimum absolute atomic E-state index is 0.187. The molecule has 0 radical (unpaired) electrons. The van der Waals surface area contributed by atoms with Crippen LogP contribution in [0.25, 0.3) is 22.2 Å². The number of aliphatic hydroxyl groups excluding tert-OH is 1. The number of aryl methyl sites for hydroxylation is 3. The lowest BCUT2D eigenvalue weighted by Crippen LogP contribution is -2.21. The minimum atomic E-state index is -1.48. The van der Waals surface area contributed by atoms with Crippen molar-refractivity contribution in [3.8, 4) is 11.1 Å². The molecule has 0 aliphatic carbocycles. The number of nitrogens with one attached hydrogen (secondary N) is 1. The van der Waals surface area contributed by atoms with Gasteiger partial charge >= 0.3 is 0 Å². The number of aliphatic hydroxyl groups is 1. The fourth-order valence-electron chi connectivity index (χ4n) is 3.70. The molecule has 4 aromatic rings. The van der Waals surface area contributed by atoms with Gasteiger partial charge in [-0.3, -0.25) is 4.79 Å². The Morgan fingerprint density at radius 1 is 1.16 bits per heavy atom. The molecule has 7 nitrogen and oxygen atoms in total. The summed E-state index contributed by atoms with van der Waals surface area (Å²) in [5.41, 5.74) is 10.3. The van der Waals surface area contributed by atoms with Crippen molar-refractivity contribution in [1.29, 1.82) is 0 Å². The lowest BCUT2D eigenvalue weighted by Gasteiger charge is -2.13. The maximum absolute atomic E-state index is 13.4. The number of nitrogens with zero attached hydrogens (tertiary/aromatic N) is 3. The van der Waals surface area contributed by atoms with Crippen molar-refractivity contribution in [3.63, 3.8) is 0 Å². The molecule has 0 bridgehead atoms. The zero-order valence-electron chi connectivity index (χ0n) is 17.3. The number of hydrogen-bond acceptors (Lipinski definition) is 5. The van der Waals surface area contributed by atoms with Gasteiger partial charge < -0.3 is 20.7 Å². The van der Waals surface area contributed by atoms with Crippen LogP contribution in [0.4, 0.5) is 15.9 Å². The number of fused-ring (bicyclic) bond motifs is 1. The third-order valence-corrected chi connectivity index (χ3v) is 5.15. The third-order valence-electron chi connectivity index (χ3n) is 5.15. The van der Waals surface area contributed by atoms with Crippen LogP contribution in [-0.4, -0.2) is 25.5 Å². The van der Waals surface area contributed by atoms with Crippen LogP contribution in [0.1, 0.15) is 23.1 Å². The number of nitrogens with two attached hydrogens (primary N) is 1. The van der Waals surface area contributed by atoms with Crippen molar-refractivity contribution < 1.29 is 14.3 Å². The van der Waals surface area contributed by atoms with E-state index in [1.165, 1.54) is 18.2 Å². The number of anilines is 2. The summed E-state index contributed by atoms with van der Waals surface area (Å²) in [6.07, 6.45) is 0.470. The lowest BCUT2D eigenvalue weighted by atomic mass is 10.00. The first-order valence-corrected chi connectivity index (χ1v) is 9.69. The number of benzene rings is 2. The number of carbonyl (C=O) groups excluding carboxylic acids is 1.